The molecule has 2 aromatic rings. The van der Waals surface area contributed by atoms with Crippen molar-refractivity contribution in [3.05, 3.63) is 46.6 Å². The van der Waals surface area contributed by atoms with E-state index in [0.29, 0.717) is 18.8 Å². The highest BCUT2D eigenvalue weighted by atomic mass is 16.3. The van der Waals surface area contributed by atoms with Crippen molar-refractivity contribution >= 4 is 0 Å². The zero-order chi connectivity index (χ0) is 12.3. The molecule has 17 heavy (non-hydrogen) atoms. The SMILES string of the molecule is CC(O)c1cn(CCn2ccccc2=O)nn1. The highest BCUT2D eigenvalue weighted by Gasteiger charge is 2.05. The maximum Gasteiger partial charge on any atom is 0.250 e. The van der Waals surface area contributed by atoms with E-state index in [1.165, 1.54) is 6.07 Å². The van der Waals surface area contributed by atoms with Crippen LogP contribution in [0.3, 0.4) is 0 Å². The first kappa shape index (κ1) is 11.5. The summed E-state index contributed by atoms with van der Waals surface area (Å²) in [6, 6.07) is 5.03. The number of aliphatic hydroxyl groups is 1. The third kappa shape index (κ3) is 2.79. The third-order valence-electron chi connectivity index (χ3n) is 2.45. The van der Waals surface area contributed by atoms with Crippen LogP contribution in [0.1, 0.15) is 18.7 Å². The van der Waals surface area contributed by atoms with E-state index in [2.05, 4.69) is 10.3 Å². The van der Waals surface area contributed by atoms with Crippen LogP contribution < -0.4 is 5.56 Å². The van der Waals surface area contributed by atoms with E-state index in [1.54, 1.807) is 34.6 Å². The molecule has 0 radical (unpaired) electrons. The number of aliphatic hydroxyl groups excluding tert-OH is 1. The summed E-state index contributed by atoms with van der Waals surface area (Å²) in [7, 11) is 0. The second-order valence-electron chi connectivity index (χ2n) is 3.81. The third-order valence-corrected chi connectivity index (χ3v) is 2.45. The van der Waals surface area contributed by atoms with Crippen molar-refractivity contribution in [1.82, 2.24) is 19.6 Å². The van der Waals surface area contributed by atoms with E-state index in [-0.39, 0.29) is 5.56 Å². The maximum atomic E-state index is 11.4. The van der Waals surface area contributed by atoms with Crippen LogP contribution >= 0.6 is 0 Å². The molecule has 2 aromatic heterocycles. The molecule has 0 aliphatic heterocycles. The van der Waals surface area contributed by atoms with Crippen LogP contribution in [-0.2, 0) is 13.1 Å². The van der Waals surface area contributed by atoms with E-state index in [0.717, 1.165) is 0 Å². The smallest absolute Gasteiger partial charge is 0.250 e. The van der Waals surface area contributed by atoms with Gasteiger partial charge in [0.15, 0.2) is 0 Å². The largest absolute Gasteiger partial charge is 0.387 e. The lowest BCUT2D eigenvalue weighted by molar-refractivity contribution is 0.194. The van der Waals surface area contributed by atoms with Gasteiger partial charge in [0.2, 0.25) is 0 Å². The van der Waals surface area contributed by atoms with E-state index in [9.17, 15) is 9.90 Å². The van der Waals surface area contributed by atoms with Gasteiger partial charge in [-0.15, -0.1) is 5.10 Å². The second kappa shape index (κ2) is 4.92. The fraction of sp³-hybridized carbons (Fsp3) is 0.364. The molecule has 6 nitrogen and oxygen atoms in total. The molecule has 2 heterocycles. The van der Waals surface area contributed by atoms with Crippen LogP contribution in [-0.4, -0.2) is 24.7 Å². The van der Waals surface area contributed by atoms with Crippen molar-refractivity contribution in [2.24, 2.45) is 0 Å². The van der Waals surface area contributed by atoms with E-state index in [4.69, 9.17) is 0 Å². The maximum absolute atomic E-state index is 11.4. The van der Waals surface area contributed by atoms with Crippen molar-refractivity contribution in [3.63, 3.8) is 0 Å². The summed E-state index contributed by atoms with van der Waals surface area (Å²) in [6.45, 7) is 2.71. The van der Waals surface area contributed by atoms with Crippen LogP contribution in [0.2, 0.25) is 0 Å². The predicted molar refractivity (Wildman–Crippen MR) is 61.4 cm³/mol. The minimum Gasteiger partial charge on any atom is -0.387 e. The molecule has 0 spiro atoms. The van der Waals surface area contributed by atoms with Crippen LogP contribution in [0.5, 0.6) is 0 Å². The molecule has 0 fully saturated rings. The predicted octanol–water partition coefficient (Wildman–Crippen LogP) is 0.193. The summed E-state index contributed by atoms with van der Waals surface area (Å²) in [5, 5.41) is 17.0. The summed E-state index contributed by atoms with van der Waals surface area (Å²) in [6.07, 6.45) is 2.79. The molecule has 0 aliphatic rings. The lowest BCUT2D eigenvalue weighted by Gasteiger charge is -2.04. The zero-order valence-electron chi connectivity index (χ0n) is 9.52. The number of pyridine rings is 1. The highest BCUT2D eigenvalue weighted by Crippen LogP contribution is 2.05. The summed E-state index contributed by atoms with van der Waals surface area (Å²) in [5.41, 5.74) is 0.494. The number of aryl methyl sites for hydroxylation is 2. The number of hydrogen-bond acceptors (Lipinski definition) is 4. The van der Waals surface area contributed by atoms with Crippen molar-refractivity contribution in [2.75, 3.05) is 0 Å². The van der Waals surface area contributed by atoms with Gasteiger partial charge >= 0.3 is 0 Å². The lowest BCUT2D eigenvalue weighted by Crippen LogP contribution is -2.20. The Morgan fingerprint density at radius 2 is 2.24 bits per heavy atom. The Hall–Kier alpha value is -1.95. The molecule has 0 saturated carbocycles. The quantitative estimate of drug-likeness (QED) is 0.819. The molecular formula is C11H14N4O2. The van der Waals surface area contributed by atoms with Gasteiger partial charge < -0.3 is 9.67 Å². The van der Waals surface area contributed by atoms with Gasteiger partial charge in [-0.3, -0.25) is 9.48 Å². The Morgan fingerprint density at radius 3 is 2.88 bits per heavy atom. The van der Waals surface area contributed by atoms with Gasteiger partial charge in [0.1, 0.15) is 5.69 Å². The molecule has 2 rings (SSSR count). The van der Waals surface area contributed by atoms with E-state index < -0.39 is 6.10 Å². The normalized spacial score (nSPS) is 12.6. The monoisotopic (exact) mass is 234 g/mol. The Balaban J connectivity index is 2.03. The average molecular weight is 234 g/mol. The molecule has 0 aromatic carbocycles. The van der Waals surface area contributed by atoms with Crippen LogP contribution in [0, 0.1) is 0 Å². The van der Waals surface area contributed by atoms with E-state index in [1.807, 2.05) is 6.07 Å². The summed E-state index contributed by atoms with van der Waals surface area (Å²) in [4.78, 5) is 11.4. The second-order valence-corrected chi connectivity index (χ2v) is 3.81. The average Bonchev–Trinajstić information content (AvgIpc) is 2.77. The summed E-state index contributed by atoms with van der Waals surface area (Å²) < 4.78 is 3.21. The van der Waals surface area contributed by atoms with Gasteiger partial charge in [0.05, 0.1) is 18.8 Å². The highest BCUT2D eigenvalue weighted by molar-refractivity contribution is 4.96. The Bertz CT molecular complexity index is 544. The summed E-state index contributed by atoms with van der Waals surface area (Å²) in [5.74, 6) is 0. The molecule has 0 saturated heterocycles. The molecule has 0 amide bonds. The van der Waals surface area contributed by atoms with Gasteiger partial charge in [-0.25, -0.2) is 0 Å². The van der Waals surface area contributed by atoms with Crippen molar-refractivity contribution < 1.29 is 5.11 Å². The van der Waals surface area contributed by atoms with Gasteiger partial charge in [0, 0.05) is 18.8 Å². The number of rotatable bonds is 4. The molecule has 90 valence electrons. The molecule has 6 heteroatoms. The first-order chi connectivity index (χ1) is 8.16. The zero-order valence-corrected chi connectivity index (χ0v) is 9.52. The van der Waals surface area contributed by atoms with Gasteiger partial charge in [-0.2, -0.15) is 0 Å². The molecule has 0 bridgehead atoms. The number of hydrogen-bond donors (Lipinski definition) is 1. The first-order valence-electron chi connectivity index (χ1n) is 5.40. The Kier molecular flexibility index (Phi) is 3.34. The Morgan fingerprint density at radius 1 is 1.41 bits per heavy atom. The standard InChI is InChI=1S/C11H14N4O2/c1-9(16)10-8-15(13-12-10)7-6-14-5-3-2-4-11(14)17/h2-5,8-9,16H,6-7H2,1H3. The minimum absolute atomic E-state index is 0.0386. The van der Waals surface area contributed by atoms with Crippen LogP contribution in [0.4, 0.5) is 0 Å². The molecule has 1 unspecified atom stereocenters. The molecular weight excluding hydrogens is 220 g/mol. The van der Waals surface area contributed by atoms with Gasteiger partial charge in [-0.1, -0.05) is 11.3 Å². The first-order valence-corrected chi connectivity index (χ1v) is 5.40. The lowest BCUT2D eigenvalue weighted by atomic mass is 10.3. The van der Waals surface area contributed by atoms with Crippen molar-refractivity contribution in [1.29, 1.82) is 0 Å². The fourth-order valence-electron chi connectivity index (χ4n) is 1.47. The van der Waals surface area contributed by atoms with Gasteiger partial charge in [-0.05, 0) is 13.0 Å². The molecule has 1 N–H and O–H groups in total. The van der Waals surface area contributed by atoms with Crippen molar-refractivity contribution in [3.8, 4) is 0 Å². The summed E-state index contributed by atoms with van der Waals surface area (Å²) >= 11 is 0. The Labute approximate surface area is 98.1 Å². The van der Waals surface area contributed by atoms with Gasteiger partial charge in [0.25, 0.3) is 5.56 Å². The molecule has 0 aliphatic carbocycles. The van der Waals surface area contributed by atoms with E-state index >= 15 is 0 Å². The minimum atomic E-state index is -0.622. The number of nitrogens with zero attached hydrogens (tertiary/aromatic N) is 4. The molecule has 1 atom stereocenters. The van der Waals surface area contributed by atoms with Crippen LogP contribution in [0.25, 0.3) is 0 Å². The van der Waals surface area contributed by atoms with Crippen LogP contribution in [0.15, 0.2) is 35.4 Å². The van der Waals surface area contributed by atoms with Crippen molar-refractivity contribution in [2.45, 2.75) is 26.1 Å². The fourth-order valence-corrected chi connectivity index (χ4v) is 1.47. The topological polar surface area (TPSA) is 72.9 Å². The number of aromatic nitrogens is 4.